The minimum Gasteiger partial charge on any atom is -0.508 e. The van der Waals surface area contributed by atoms with E-state index in [-0.39, 0.29) is 18.2 Å². The highest BCUT2D eigenvalue weighted by atomic mass is 32.2. The van der Waals surface area contributed by atoms with E-state index in [1.807, 2.05) is 0 Å². The van der Waals surface area contributed by atoms with Crippen LogP contribution in [0.2, 0.25) is 0 Å². The molecule has 0 saturated carbocycles. The SMILES string of the molecule is COc1ccc(O)c(CN2CCSCC2CC(=O)O)c1. The molecule has 0 aliphatic carbocycles. The van der Waals surface area contributed by atoms with Crippen molar-refractivity contribution in [2.45, 2.75) is 19.0 Å². The van der Waals surface area contributed by atoms with Crippen LogP contribution in [0.25, 0.3) is 0 Å². The smallest absolute Gasteiger partial charge is 0.304 e. The maximum atomic E-state index is 10.9. The van der Waals surface area contributed by atoms with Gasteiger partial charge in [0.25, 0.3) is 0 Å². The van der Waals surface area contributed by atoms with E-state index in [1.165, 1.54) is 0 Å². The van der Waals surface area contributed by atoms with Crippen LogP contribution in [0.1, 0.15) is 12.0 Å². The van der Waals surface area contributed by atoms with Crippen molar-refractivity contribution < 1.29 is 19.7 Å². The molecule has 0 radical (unpaired) electrons. The number of carboxylic acid groups (broad SMARTS) is 1. The summed E-state index contributed by atoms with van der Waals surface area (Å²) < 4.78 is 5.16. The van der Waals surface area contributed by atoms with Gasteiger partial charge in [0.1, 0.15) is 11.5 Å². The number of thioether (sulfide) groups is 1. The highest BCUT2D eigenvalue weighted by molar-refractivity contribution is 7.99. The van der Waals surface area contributed by atoms with Crippen LogP contribution in [-0.4, -0.2) is 52.3 Å². The lowest BCUT2D eigenvalue weighted by molar-refractivity contribution is -0.138. The molecule has 1 aliphatic rings. The van der Waals surface area contributed by atoms with Crippen molar-refractivity contribution in [2.75, 3.05) is 25.2 Å². The maximum Gasteiger partial charge on any atom is 0.304 e. The molecule has 0 spiro atoms. The summed E-state index contributed by atoms with van der Waals surface area (Å²) in [7, 11) is 1.58. The molecule has 1 heterocycles. The summed E-state index contributed by atoms with van der Waals surface area (Å²) in [5.74, 6) is 1.94. The summed E-state index contributed by atoms with van der Waals surface area (Å²) in [5.41, 5.74) is 0.770. The fourth-order valence-corrected chi connectivity index (χ4v) is 3.45. The van der Waals surface area contributed by atoms with Crippen LogP contribution >= 0.6 is 11.8 Å². The lowest BCUT2D eigenvalue weighted by Gasteiger charge is -2.34. The highest BCUT2D eigenvalue weighted by Crippen LogP contribution is 2.27. The predicted octanol–water partition coefficient (Wildman–Crippen LogP) is 1.79. The molecular weight excluding hydrogens is 278 g/mol. The van der Waals surface area contributed by atoms with E-state index in [4.69, 9.17) is 9.84 Å². The number of phenols is 1. The number of phenolic OH excluding ortho intramolecular Hbond substituents is 1. The van der Waals surface area contributed by atoms with Gasteiger partial charge in [0.15, 0.2) is 0 Å². The van der Waals surface area contributed by atoms with E-state index in [9.17, 15) is 9.90 Å². The third-order valence-corrected chi connectivity index (χ3v) is 4.51. The summed E-state index contributed by atoms with van der Waals surface area (Å²) in [5, 5.41) is 18.9. The highest BCUT2D eigenvalue weighted by Gasteiger charge is 2.25. The Morgan fingerprint density at radius 1 is 1.55 bits per heavy atom. The van der Waals surface area contributed by atoms with Gasteiger partial charge in [-0.05, 0) is 18.2 Å². The maximum absolute atomic E-state index is 10.9. The normalized spacial score (nSPS) is 19.8. The number of aliphatic carboxylic acids is 1. The number of benzene rings is 1. The number of aromatic hydroxyl groups is 1. The van der Waals surface area contributed by atoms with Crippen LogP contribution in [-0.2, 0) is 11.3 Å². The van der Waals surface area contributed by atoms with Crippen LogP contribution in [0.4, 0.5) is 0 Å². The molecule has 0 bridgehead atoms. The van der Waals surface area contributed by atoms with Gasteiger partial charge in [-0.3, -0.25) is 9.69 Å². The monoisotopic (exact) mass is 297 g/mol. The molecule has 6 heteroatoms. The molecule has 0 amide bonds. The molecule has 1 atom stereocenters. The average molecular weight is 297 g/mol. The Bertz CT molecular complexity index is 480. The molecule has 1 saturated heterocycles. The zero-order valence-corrected chi connectivity index (χ0v) is 12.2. The van der Waals surface area contributed by atoms with E-state index in [0.717, 1.165) is 23.6 Å². The number of rotatable bonds is 5. The van der Waals surface area contributed by atoms with Gasteiger partial charge in [0, 0.05) is 36.2 Å². The first kappa shape index (κ1) is 15.0. The number of nitrogens with zero attached hydrogens (tertiary/aromatic N) is 1. The molecule has 1 aliphatic heterocycles. The number of methoxy groups -OCH3 is 1. The van der Waals surface area contributed by atoms with Crippen molar-refractivity contribution in [1.82, 2.24) is 4.90 Å². The third kappa shape index (κ3) is 3.80. The average Bonchev–Trinajstić information content (AvgIpc) is 2.43. The Hall–Kier alpha value is -1.40. The zero-order valence-electron chi connectivity index (χ0n) is 11.4. The van der Waals surface area contributed by atoms with Crippen LogP contribution < -0.4 is 4.74 Å². The molecule has 20 heavy (non-hydrogen) atoms. The second kappa shape index (κ2) is 6.85. The Morgan fingerprint density at radius 3 is 3.05 bits per heavy atom. The Balaban J connectivity index is 2.11. The molecule has 0 aromatic heterocycles. The van der Waals surface area contributed by atoms with E-state index < -0.39 is 5.97 Å². The van der Waals surface area contributed by atoms with Gasteiger partial charge >= 0.3 is 5.97 Å². The molecule has 1 fully saturated rings. The van der Waals surface area contributed by atoms with Crippen LogP contribution in [0.15, 0.2) is 18.2 Å². The number of ether oxygens (including phenoxy) is 1. The lowest BCUT2D eigenvalue weighted by atomic mass is 10.1. The van der Waals surface area contributed by atoms with Crippen molar-refractivity contribution in [3.8, 4) is 11.5 Å². The Labute approximate surface area is 122 Å². The largest absolute Gasteiger partial charge is 0.508 e. The standard InChI is InChI=1S/C14H19NO4S/c1-19-12-2-3-13(16)10(6-12)8-15-4-5-20-9-11(15)7-14(17)18/h2-3,6,11,16H,4-5,7-9H2,1H3,(H,17,18). The molecule has 2 N–H and O–H groups in total. The number of hydrogen-bond acceptors (Lipinski definition) is 5. The molecule has 110 valence electrons. The third-order valence-electron chi connectivity index (χ3n) is 3.42. The molecule has 1 unspecified atom stereocenters. The van der Waals surface area contributed by atoms with E-state index in [2.05, 4.69) is 4.90 Å². The summed E-state index contributed by atoms with van der Waals surface area (Å²) >= 11 is 1.78. The van der Waals surface area contributed by atoms with Gasteiger partial charge in [-0.15, -0.1) is 0 Å². The number of hydrogen-bond donors (Lipinski definition) is 2. The molecule has 1 aromatic rings. The summed E-state index contributed by atoms with van der Waals surface area (Å²) in [4.78, 5) is 13.1. The van der Waals surface area contributed by atoms with Crippen LogP contribution in [0.3, 0.4) is 0 Å². The van der Waals surface area contributed by atoms with Gasteiger partial charge in [-0.1, -0.05) is 0 Å². The minimum absolute atomic E-state index is 0.0110. The quantitative estimate of drug-likeness (QED) is 0.863. The van der Waals surface area contributed by atoms with Crippen molar-refractivity contribution in [2.24, 2.45) is 0 Å². The summed E-state index contributed by atoms with van der Waals surface area (Å²) in [6.45, 7) is 1.38. The van der Waals surface area contributed by atoms with E-state index in [1.54, 1.807) is 37.1 Å². The van der Waals surface area contributed by atoms with E-state index in [0.29, 0.717) is 12.3 Å². The minimum atomic E-state index is -0.780. The van der Waals surface area contributed by atoms with Gasteiger partial charge in [-0.25, -0.2) is 0 Å². The Kier molecular flexibility index (Phi) is 5.14. The topological polar surface area (TPSA) is 70.0 Å². The van der Waals surface area contributed by atoms with Gasteiger partial charge < -0.3 is 14.9 Å². The first-order valence-corrected chi connectivity index (χ1v) is 7.65. The molecule has 1 aromatic carbocycles. The molecule has 5 nitrogen and oxygen atoms in total. The fraction of sp³-hybridized carbons (Fsp3) is 0.500. The van der Waals surface area contributed by atoms with Crippen molar-refractivity contribution >= 4 is 17.7 Å². The van der Waals surface area contributed by atoms with Gasteiger partial charge in [0.05, 0.1) is 13.5 Å². The number of carboxylic acids is 1. The fourth-order valence-electron chi connectivity index (χ4n) is 2.32. The first-order valence-electron chi connectivity index (χ1n) is 6.49. The lowest BCUT2D eigenvalue weighted by Crippen LogP contribution is -2.42. The first-order chi connectivity index (χ1) is 9.60. The summed E-state index contributed by atoms with van der Waals surface area (Å²) in [6.07, 6.45) is 0.137. The number of carbonyl (C=O) groups is 1. The van der Waals surface area contributed by atoms with E-state index >= 15 is 0 Å². The van der Waals surface area contributed by atoms with Crippen molar-refractivity contribution in [3.63, 3.8) is 0 Å². The predicted molar refractivity (Wildman–Crippen MR) is 78.4 cm³/mol. The van der Waals surface area contributed by atoms with Crippen molar-refractivity contribution in [3.05, 3.63) is 23.8 Å². The molecule has 2 rings (SSSR count). The van der Waals surface area contributed by atoms with Gasteiger partial charge in [0.2, 0.25) is 0 Å². The zero-order chi connectivity index (χ0) is 14.5. The molecular formula is C14H19NO4S. The Morgan fingerprint density at radius 2 is 2.35 bits per heavy atom. The van der Waals surface area contributed by atoms with Crippen LogP contribution in [0, 0.1) is 0 Å². The van der Waals surface area contributed by atoms with Gasteiger partial charge in [-0.2, -0.15) is 11.8 Å². The van der Waals surface area contributed by atoms with Crippen molar-refractivity contribution in [1.29, 1.82) is 0 Å². The second-order valence-corrected chi connectivity index (χ2v) is 5.94. The summed E-state index contributed by atoms with van der Waals surface area (Å²) in [6, 6.07) is 5.13. The van der Waals surface area contributed by atoms with Crippen LogP contribution in [0.5, 0.6) is 11.5 Å². The second-order valence-electron chi connectivity index (χ2n) is 4.79.